The number of rotatable bonds is 4. The average molecular weight is 334 g/mol. The molecule has 0 aliphatic carbocycles. The fourth-order valence-electron chi connectivity index (χ4n) is 2.30. The van der Waals surface area contributed by atoms with Crippen molar-refractivity contribution in [1.29, 1.82) is 0 Å². The Morgan fingerprint density at radius 3 is 2.67 bits per heavy atom. The van der Waals surface area contributed by atoms with Gasteiger partial charge in [0.05, 0.1) is 18.2 Å². The van der Waals surface area contributed by atoms with Crippen LogP contribution in [0.2, 0.25) is 0 Å². The maximum Gasteiger partial charge on any atom is 0.233 e. The number of aromatic nitrogens is 1. The summed E-state index contributed by atoms with van der Waals surface area (Å²) in [5, 5.41) is 2.74. The summed E-state index contributed by atoms with van der Waals surface area (Å²) in [4.78, 5) is 16.3. The van der Waals surface area contributed by atoms with Gasteiger partial charge in [-0.3, -0.25) is 4.79 Å². The Labute approximate surface area is 137 Å². The van der Waals surface area contributed by atoms with E-state index < -0.39 is 17.0 Å². The van der Waals surface area contributed by atoms with Crippen molar-refractivity contribution in [2.45, 2.75) is 13.3 Å². The highest BCUT2D eigenvalue weighted by Crippen LogP contribution is 2.29. The van der Waals surface area contributed by atoms with Gasteiger partial charge in [-0.05, 0) is 37.6 Å². The molecule has 126 valence electrons. The predicted octanol–water partition coefficient (Wildman–Crippen LogP) is 3.52. The van der Waals surface area contributed by atoms with Gasteiger partial charge in [-0.25, -0.2) is 13.8 Å². The van der Waals surface area contributed by atoms with Gasteiger partial charge in [0.2, 0.25) is 5.91 Å². The Morgan fingerprint density at radius 1 is 1.25 bits per heavy atom. The molecule has 1 aromatic heterocycles. The standard InChI is InChI=1S/C17H16F2N2O3/c1-17(6-7-23-10-17)16(22)21-15-5-3-12(9-20-15)24-11-2-4-13(18)14(19)8-11/h2-5,8-9H,6-7,10H2,1H3,(H,20,21,22). The highest BCUT2D eigenvalue weighted by atomic mass is 19.2. The van der Waals surface area contributed by atoms with Crippen LogP contribution in [0.1, 0.15) is 13.3 Å². The van der Waals surface area contributed by atoms with Crippen LogP contribution < -0.4 is 10.1 Å². The van der Waals surface area contributed by atoms with Gasteiger partial charge < -0.3 is 14.8 Å². The van der Waals surface area contributed by atoms with Gasteiger partial charge in [-0.1, -0.05) is 0 Å². The Hall–Kier alpha value is -2.54. The molecule has 0 bridgehead atoms. The molecule has 0 saturated carbocycles. The lowest BCUT2D eigenvalue weighted by Crippen LogP contribution is -2.34. The van der Waals surface area contributed by atoms with Gasteiger partial charge in [0.15, 0.2) is 11.6 Å². The summed E-state index contributed by atoms with van der Waals surface area (Å²) in [6.07, 6.45) is 2.06. The Morgan fingerprint density at radius 2 is 2.04 bits per heavy atom. The SMILES string of the molecule is CC1(C(=O)Nc2ccc(Oc3ccc(F)c(F)c3)cn2)CCOC1. The number of carbonyl (C=O) groups is 1. The lowest BCUT2D eigenvalue weighted by atomic mass is 9.89. The van der Waals surface area contributed by atoms with E-state index in [1.807, 2.05) is 6.92 Å². The van der Waals surface area contributed by atoms with E-state index in [1.165, 1.54) is 12.3 Å². The van der Waals surface area contributed by atoms with E-state index in [4.69, 9.17) is 9.47 Å². The van der Waals surface area contributed by atoms with Crippen LogP contribution in [0.4, 0.5) is 14.6 Å². The summed E-state index contributed by atoms with van der Waals surface area (Å²) < 4.78 is 36.7. The number of carbonyl (C=O) groups excluding carboxylic acids is 1. The van der Waals surface area contributed by atoms with E-state index in [0.717, 1.165) is 12.1 Å². The summed E-state index contributed by atoms with van der Waals surface area (Å²) in [6, 6.07) is 6.40. The van der Waals surface area contributed by atoms with Crippen molar-refractivity contribution in [1.82, 2.24) is 4.98 Å². The quantitative estimate of drug-likeness (QED) is 0.929. The van der Waals surface area contributed by atoms with Crippen molar-refractivity contribution in [2.24, 2.45) is 5.41 Å². The van der Waals surface area contributed by atoms with Crippen molar-refractivity contribution < 1.29 is 23.0 Å². The zero-order valence-corrected chi connectivity index (χ0v) is 13.0. The second-order valence-corrected chi connectivity index (χ2v) is 5.87. The number of pyridine rings is 1. The summed E-state index contributed by atoms with van der Waals surface area (Å²) in [6.45, 7) is 2.80. The molecule has 1 aliphatic heterocycles. The molecule has 1 atom stereocenters. The molecule has 1 aromatic carbocycles. The number of ether oxygens (including phenoxy) is 2. The van der Waals surface area contributed by atoms with Crippen molar-refractivity contribution in [3.05, 3.63) is 48.2 Å². The monoisotopic (exact) mass is 334 g/mol. The molecule has 2 heterocycles. The van der Waals surface area contributed by atoms with Crippen LogP contribution in [-0.2, 0) is 9.53 Å². The minimum Gasteiger partial charge on any atom is -0.456 e. The number of anilines is 1. The van der Waals surface area contributed by atoms with E-state index in [-0.39, 0.29) is 11.7 Å². The maximum atomic E-state index is 13.1. The van der Waals surface area contributed by atoms with Crippen molar-refractivity contribution in [3.8, 4) is 11.5 Å². The van der Waals surface area contributed by atoms with Crippen LogP contribution in [0, 0.1) is 17.0 Å². The summed E-state index contributed by atoms with van der Waals surface area (Å²) >= 11 is 0. The van der Waals surface area contributed by atoms with Gasteiger partial charge in [0, 0.05) is 12.7 Å². The van der Waals surface area contributed by atoms with Crippen LogP contribution in [0.25, 0.3) is 0 Å². The number of halogens is 2. The van der Waals surface area contributed by atoms with Crippen LogP contribution in [0.3, 0.4) is 0 Å². The van der Waals surface area contributed by atoms with E-state index in [1.54, 1.807) is 12.1 Å². The number of nitrogens with one attached hydrogen (secondary N) is 1. The number of amides is 1. The fourth-order valence-corrected chi connectivity index (χ4v) is 2.30. The minimum atomic E-state index is -0.989. The smallest absolute Gasteiger partial charge is 0.233 e. The first kappa shape index (κ1) is 16.3. The third-order valence-corrected chi connectivity index (χ3v) is 3.87. The highest BCUT2D eigenvalue weighted by Gasteiger charge is 2.37. The maximum absolute atomic E-state index is 13.1. The van der Waals surface area contributed by atoms with Crippen molar-refractivity contribution >= 4 is 11.7 Å². The largest absolute Gasteiger partial charge is 0.456 e. The van der Waals surface area contributed by atoms with Gasteiger partial charge >= 0.3 is 0 Å². The molecular weight excluding hydrogens is 318 g/mol. The molecule has 1 unspecified atom stereocenters. The van der Waals surface area contributed by atoms with Crippen LogP contribution in [0.5, 0.6) is 11.5 Å². The van der Waals surface area contributed by atoms with Crippen molar-refractivity contribution in [2.75, 3.05) is 18.5 Å². The first-order chi connectivity index (χ1) is 11.5. The Bertz CT molecular complexity index is 744. The Kier molecular flexibility index (Phi) is 4.44. The first-order valence-electron chi connectivity index (χ1n) is 7.44. The molecule has 7 heteroatoms. The van der Waals surface area contributed by atoms with E-state index in [0.29, 0.717) is 31.2 Å². The normalized spacial score (nSPS) is 20.0. The first-order valence-corrected chi connectivity index (χ1v) is 7.44. The van der Waals surface area contributed by atoms with Gasteiger partial charge in [-0.2, -0.15) is 0 Å². The van der Waals surface area contributed by atoms with Crippen LogP contribution in [0.15, 0.2) is 36.5 Å². The number of hydrogen-bond acceptors (Lipinski definition) is 4. The van der Waals surface area contributed by atoms with Crippen LogP contribution >= 0.6 is 0 Å². The fraction of sp³-hybridized carbons (Fsp3) is 0.294. The molecule has 1 N–H and O–H groups in total. The predicted molar refractivity (Wildman–Crippen MR) is 82.8 cm³/mol. The zero-order chi connectivity index (χ0) is 17.2. The second-order valence-electron chi connectivity index (χ2n) is 5.87. The molecule has 1 amide bonds. The van der Waals surface area contributed by atoms with Gasteiger partial charge in [0.1, 0.15) is 17.3 Å². The molecule has 1 aliphatic rings. The van der Waals surface area contributed by atoms with Gasteiger partial charge in [0.25, 0.3) is 0 Å². The number of benzene rings is 1. The van der Waals surface area contributed by atoms with E-state index in [9.17, 15) is 13.6 Å². The minimum absolute atomic E-state index is 0.151. The third-order valence-electron chi connectivity index (χ3n) is 3.87. The summed E-state index contributed by atoms with van der Waals surface area (Å²) in [5.41, 5.74) is -0.553. The molecule has 0 radical (unpaired) electrons. The molecule has 2 aromatic rings. The van der Waals surface area contributed by atoms with Crippen LogP contribution in [-0.4, -0.2) is 24.1 Å². The zero-order valence-electron chi connectivity index (χ0n) is 13.0. The number of hydrogen-bond donors (Lipinski definition) is 1. The molecular formula is C17H16F2N2O3. The average Bonchev–Trinajstić information content (AvgIpc) is 3.01. The lowest BCUT2D eigenvalue weighted by Gasteiger charge is -2.20. The second kappa shape index (κ2) is 6.52. The van der Waals surface area contributed by atoms with Crippen molar-refractivity contribution in [3.63, 3.8) is 0 Å². The lowest BCUT2D eigenvalue weighted by molar-refractivity contribution is -0.124. The molecule has 24 heavy (non-hydrogen) atoms. The molecule has 0 spiro atoms. The summed E-state index contributed by atoms with van der Waals surface area (Å²) in [5.74, 6) is -1.20. The molecule has 3 rings (SSSR count). The Balaban J connectivity index is 1.64. The topological polar surface area (TPSA) is 60.5 Å². The molecule has 1 saturated heterocycles. The number of nitrogens with zero attached hydrogens (tertiary/aromatic N) is 1. The molecule has 5 nitrogen and oxygen atoms in total. The highest BCUT2D eigenvalue weighted by molar-refractivity contribution is 5.94. The third kappa shape index (κ3) is 3.51. The van der Waals surface area contributed by atoms with E-state index >= 15 is 0 Å². The summed E-state index contributed by atoms with van der Waals surface area (Å²) in [7, 11) is 0. The van der Waals surface area contributed by atoms with E-state index in [2.05, 4.69) is 10.3 Å². The van der Waals surface area contributed by atoms with Gasteiger partial charge in [-0.15, -0.1) is 0 Å². The molecule has 1 fully saturated rings.